The van der Waals surface area contributed by atoms with Gasteiger partial charge in [0.2, 0.25) is 5.91 Å². The topological polar surface area (TPSA) is 141 Å². The third-order valence-electron chi connectivity index (χ3n) is 6.28. The summed E-state index contributed by atoms with van der Waals surface area (Å²) in [7, 11) is 1.52. The molecule has 3 N–H and O–H groups in total. The van der Waals surface area contributed by atoms with E-state index in [1.54, 1.807) is 88.4 Å². The van der Waals surface area contributed by atoms with Gasteiger partial charge < -0.3 is 30.1 Å². The monoisotopic (exact) mass is 572 g/mol. The fourth-order valence-corrected chi connectivity index (χ4v) is 4.31. The van der Waals surface area contributed by atoms with Crippen LogP contribution >= 0.6 is 0 Å². The van der Waals surface area contributed by atoms with Crippen LogP contribution in [-0.2, 0) is 20.7 Å². The molecule has 0 radical (unpaired) electrons. The van der Waals surface area contributed by atoms with Crippen molar-refractivity contribution in [3.8, 4) is 17.6 Å². The highest BCUT2D eigenvalue weighted by molar-refractivity contribution is 5.99. The van der Waals surface area contributed by atoms with Crippen LogP contribution in [0.1, 0.15) is 43.5 Å². The summed E-state index contributed by atoms with van der Waals surface area (Å²) >= 11 is 0. The number of amides is 3. The number of rotatable bonds is 10. The van der Waals surface area contributed by atoms with E-state index >= 15 is 0 Å². The highest BCUT2D eigenvalue weighted by atomic mass is 16.6. The fourth-order valence-electron chi connectivity index (χ4n) is 4.31. The first kappa shape index (κ1) is 31.5. The van der Waals surface area contributed by atoms with Crippen molar-refractivity contribution in [3.05, 3.63) is 89.5 Å². The van der Waals surface area contributed by atoms with E-state index in [9.17, 15) is 24.8 Å². The number of hydrogen-bond acceptors (Lipinski definition) is 7. The number of phenolic OH excluding ortho intramolecular Hbond substituents is 1. The number of anilines is 1. The number of ether oxygens (including phenoxy) is 2. The smallest absolute Gasteiger partial charge is 0.408 e. The molecule has 3 aromatic carbocycles. The summed E-state index contributed by atoms with van der Waals surface area (Å²) < 4.78 is 10.6. The second-order valence-electron chi connectivity index (χ2n) is 10.6. The first-order valence-corrected chi connectivity index (χ1v) is 13.4. The molecule has 10 heteroatoms. The number of nitrogens with one attached hydrogen (secondary N) is 2. The Morgan fingerprint density at radius 2 is 1.67 bits per heavy atom. The van der Waals surface area contributed by atoms with Crippen molar-refractivity contribution in [2.75, 3.05) is 19.0 Å². The molecule has 0 aliphatic carbocycles. The van der Waals surface area contributed by atoms with Gasteiger partial charge >= 0.3 is 6.09 Å². The lowest BCUT2D eigenvalue weighted by Crippen LogP contribution is -2.53. The molecule has 0 aromatic heterocycles. The van der Waals surface area contributed by atoms with Gasteiger partial charge in [0.05, 0.1) is 13.2 Å². The normalized spacial score (nSPS) is 12.3. The Hall–Kier alpha value is -5.04. The van der Waals surface area contributed by atoms with Gasteiger partial charge in [0.25, 0.3) is 5.91 Å². The van der Waals surface area contributed by atoms with Crippen LogP contribution in [0.3, 0.4) is 0 Å². The van der Waals surface area contributed by atoms with Crippen molar-refractivity contribution in [2.45, 2.75) is 51.8 Å². The lowest BCUT2D eigenvalue weighted by molar-refractivity contribution is -0.140. The molecule has 0 saturated carbocycles. The number of methoxy groups -OCH3 is 1. The average Bonchev–Trinajstić information content (AvgIpc) is 2.94. The Balaban J connectivity index is 2.07. The van der Waals surface area contributed by atoms with Gasteiger partial charge in [-0.3, -0.25) is 9.59 Å². The van der Waals surface area contributed by atoms with E-state index < -0.39 is 42.1 Å². The van der Waals surface area contributed by atoms with Crippen LogP contribution < -0.4 is 15.4 Å². The van der Waals surface area contributed by atoms with Crippen LogP contribution in [0.25, 0.3) is 0 Å². The number of aryl methyl sites for hydroxylation is 1. The minimum absolute atomic E-state index is 0.0630. The molecule has 3 rings (SSSR count). The quantitative estimate of drug-likeness (QED) is 0.294. The fraction of sp³-hybridized carbons (Fsp3) is 0.312. The maximum atomic E-state index is 14.2. The van der Waals surface area contributed by atoms with E-state index in [2.05, 4.69) is 10.6 Å². The van der Waals surface area contributed by atoms with Crippen LogP contribution in [0.5, 0.6) is 11.5 Å². The van der Waals surface area contributed by atoms with Crippen molar-refractivity contribution in [1.82, 2.24) is 10.2 Å². The molecule has 0 bridgehead atoms. The standard InChI is InChI=1S/C32H36N4O6/c1-21-10-9-13-25(28(21)37)27(29(38)34-23-14-16-24(41-5)17-15-23)36(19-18-33)30(39)26(20-22-11-7-6-8-12-22)35-31(40)42-32(2,3)4/h6-17,26-27,37H,19-20H2,1-5H3,(H,34,38)(H,35,40). The van der Waals surface area contributed by atoms with Crippen LogP contribution in [-0.4, -0.2) is 53.2 Å². The third-order valence-corrected chi connectivity index (χ3v) is 6.28. The van der Waals surface area contributed by atoms with Crippen LogP contribution in [0.4, 0.5) is 10.5 Å². The van der Waals surface area contributed by atoms with Gasteiger partial charge in [-0.2, -0.15) is 5.26 Å². The van der Waals surface area contributed by atoms with Gasteiger partial charge in [0.1, 0.15) is 35.7 Å². The molecule has 2 atom stereocenters. The van der Waals surface area contributed by atoms with Crippen LogP contribution in [0, 0.1) is 18.3 Å². The molecule has 10 nitrogen and oxygen atoms in total. The van der Waals surface area contributed by atoms with E-state index in [1.807, 2.05) is 12.1 Å². The molecule has 0 heterocycles. The summed E-state index contributed by atoms with van der Waals surface area (Å²) in [6.45, 7) is 6.25. The second kappa shape index (κ2) is 14.0. The summed E-state index contributed by atoms with van der Waals surface area (Å²) in [5.41, 5.74) is 0.925. The molecule has 0 saturated heterocycles. The number of hydrogen-bond donors (Lipinski definition) is 3. The zero-order valence-electron chi connectivity index (χ0n) is 24.4. The molecule has 2 unspecified atom stereocenters. The van der Waals surface area contributed by atoms with Crippen molar-refractivity contribution in [1.29, 1.82) is 5.26 Å². The SMILES string of the molecule is COc1ccc(NC(=O)C(c2cccc(C)c2O)N(CC#N)C(=O)C(Cc2ccccc2)NC(=O)OC(C)(C)C)cc1. The zero-order chi connectivity index (χ0) is 30.9. The van der Waals surface area contributed by atoms with Gasteiger partial charge in [-0.1, -0.05) is 48.5 Å². The number of carbonyl (C=O) groups excluding carboxylic acids is 3. The maximum Gasteiger partial charge on any atom is 0.408 e. The number of benzene rings is 3. The zero-order valence-corrected chi connectivity index (χ0v) is 24.4. The predicted molar refractivity (Wildman–Crippen MR) is 158 cm³/mol. The van der Waals surface area contributed by atoms with Crippen LogP contribution in [0.2, 0.25) is 0 Å². The van der Waals surface area contributed by atoms with Crippen LogP contribution in [0.15, 0.2) is 72.8 Å². The molecular formula is C32H36N4O6. The number of para-hydroxylation sites is 1. The summed E-state index contributed by atoms with van der Waals surface area (Å²) in [6, 6.07) is 19.8. The second-order valence-corrected chi connectivity index (χ2v) is 10.6. The molecule has 3 aromatic rings. The van der Waals surface area contributed by atoms with Crippen molar-refractivity contribution >= 4 is 23.6 Å². The molecule has 42 heavy (non-hydrogen) atoms. The van der Waals surface area contributed by atoms with E-state index in [0.29, 0.717) is 17.0 Å². The van der Waals surface area contributed by atoms with Crippen molar-refractivity contribution in [2.24, 2.45) is 0 Å². The first-order chi connectivity index (χ1) is 19.9. The van der Waals surface area contributed by atoms with E-state index in [-0.39, 0.29) is 17.7 Å². The molecule has 3 amide bonds. The van der Waals surface area contributed by atoms with Crippen molar-refractivity contribution in [3.63, 3.8) is 0 Å². The van der Waals surface area contributed by atoms with Gasteiger partial charge in [0.15, 0.2) is 0 Å². The summed E-state index contributed by atoms with van der Waals surface area (Å²) in [6.07, 6.45) is -0.765. The first-order valence-electron chi connectivity index (χ1n) is 13.4. The number of carbonyl (C=O) groups is 3. The molecule has 0 spiro atoms. The third kappa shape index (κ3) is 8.48. The van der Waals surface area contributed by atoms with E-state index in [1.165, 1.54) is 13.2 Å². The predicted octanol–water partition coefficient (Wildman–Crippen LogP) is 4.88. The average molecular weight is 573 g/mol. The van der Waals surface area contributed by atoms with Gasteiger partial charge in [-0.15, -0.1) is 0 Å². The van der Waals surface area contributed by atoms with Gasteiger partial charge in [0, 0.05) is 17.7 Å². The van der Waals surface area contributed by atoms with E-state index in [4.69, 9.17) is 9.47 Å². The lowest BCUT2D eigenvalue weighted by Gasteiger charge is -2.33. The summed E-state index contributed by atoms with van der Waals surface area (Å²) in [5.74, 6) is -0.982. The number of phenols is 1. The number of nitriles is 1. The lowest BCUT2D eigenvalue weighted by atomic mass is 9.98. The molecule has 220 valence electrons. The highest BCUT2D eigenvalue weighted by Gasteiger charge is 2.38. The largest absolute Gasteiger partial charge is 0.507 e. The summed E-state index contributed by atoms with van der Waals surface area (Å²) in [4.78, 5) is 42.0. The molecule has 0 aliphatic heterocycles. The minimum Gasteiger partial charge on any atom is -0.507 e. The highest BCUT2D eigenvalue weighted by Crippen LogP contribution is 2.33. The van der Waals surface area contributed by atoms with Gasteiger partial charge in [-0.05, 0) is 63.1 Å². The number of nitrogens with zero attached hydrogens (tertiary/aromatic N) is 2. The van der Waals surface area contributed by atoms with E-state index in [0.717, 1.165) is 10.5 Å². The summed E-state index contributed by atoms with van der Waals surface area (Å²) in [5, 5.41) is 26.2. The Kier molecular flexibility index (Phi) is 10.5. The Morgan fingerprint density at radius 3 is 2.26 bits per heavy atom. The molecule has 0 aliphatic rings. The van der Waals surface area contributed by atoms with Gasteiger partial charge in [-0.25, -0.2) is 4.79 Å². The Labute approximate surface area is 245 Å². The van der Waals surface area contributed by atoms with Crippen molar-refractivity contribution < 1.29 is 29.0 Å². The maximum absolute atomic E-state index is 14.2. The Morgan fingerprint density at radius 1 is 1.00 bits per heavy atom. The minimum atomic E-state index is -1.42. The molecular weight excluding hydrogens is 536 g/mol. The number of aromatic hydroxyl groups is 1. The number of alkyl carbamates (subject to hydrolysis) is 1. The molecule has 0 fully saturated rings. The Bertz CT molecular complexity index is 1430.